The second-order valence-electron chi connectivity index (χ2n) is 8.94. The van der Waals surface area contributed by atoms with E-state index in [0.29, 0.717) is 48.0 Å². The highest BCUT2D eigenvalue weighted by atomic mass is 19.4. The van der Waals surface area contributed by atoms with Gasteiger partial charge in [-0.05, 0) is 25.2 Å². The van der Waals surface area contributed by atoms with Crippen molar-refractivity contribution >= 4 is 23.3 Å². The third-order valence-corrected chi connectivity index (χ3v) is 6.40. The van der Waals surface area contributed by atoms with Gasteiger partial charge in [-0.3, -0.25) is 10.0 Å². The van der Waals surface area contributed by atoms with Gasteiger partial charge >= 0.3 is 6.18 Å². The number of aryl methyl sites for hydroxylation is 1. The van der Waals surface area contributed by atoms with Crippen molar-refractivity contribution in [1.82, 2.24) is 25.0 Å². The van der Waals surface area contributed by atoms with Crippen molar-refractivity contribution in [3.8, 4) is 6.07 Å². The second kappa shape index (κ2) is 10.5. The van der Waals surface area contributed by atoms with E-state index in [9.17, 15) is 18.4 Å². The molecule has 1 saturated heterocycles. The fourth-order valence-corrected chi connectivity index (χ4v) is 4.57. The molecule has 2 N–H and O–H groups in total. The summed E-state index contributed by atoms with van der Waals surface area (Å²) in [5, 5.41) is 24.3. The number of aliphatic hydroxyl groups is 1. The number of hydrogen-bond donors (Lipinski definition) is 2. The van der Waals surface area contributed by atoms with Crippen LogP contribution < -0.4 is 10.3 Å². The van der Waals surface area contributed by atoms with Gasteiger partial charge in [-0.1, -0.05) is 18.7 Å². The van der Waals surface area contributed by atoms with Crippen molar-refractivity contribution in [1.29, 1.82) is 5.26 Å². The minimum atomic E-state index is -4.83. The van der Waals surface area contributed by atoms with Crippen molar-refractivity contribution in [3.63, 3.8) is 0 Å². The molecule has 3 aliphatic rings. The number of nitriles is 1. The van der Waals surface area contributed by atoms with Crippen LogP contribution in [0.2, 0.25) is 0 Å². The number of alkyl halides is 3. The molecule has 39 heavy (non-hydrogen) atoms. The van der Waals surface area contributed by atoms with Crippen molar-refractivity contribution in [2.75, 3.05) is 37.7 Å². The zero-order valence-corrected chi connectivity index (χ0v) is 21.0. The molecule has 10 nitrogen and oxygen atoms in total. The average Bonchev–Trinajstić information content (AvgIpc) is 3.53. The first-order chi connectivity index (χ1) is 18.7. The SMILES string of the molecule is C=CN=C1C=C(N2C=CCN2)C=C/C1=C\c1c(C)nc2c(C#N)c(C(F)(F)F)nn2c1N1CC(OCCO)C1. The van der Waals surface area contributed by atoms with E-state index < -0.39 is 17.4 Å². The molecule has 1 aliphatic carbocycles. The van der Waals surface area contributed by atoms with Crippen molar-refractivity contribution < 1.29 is 23.0 Å². The Balaban J connectivity index is 1.65. The van der Waals surface area contributed by atoms with Gasteiger partial charge in [0, 0.05) is 43.2 Å². The summed E-state index contributed by atoms with van der Waals surface area (Å²) in [6.07, 6.45) is 7.64. The summed E-state index contributed by atoms with van der Waals surface area (Å²) in [5.41, 5.74) is 4.16. The molecule has 0 aromatic carbocycles. The van der Waals surface area contributed by atoms with E-state index in [1.54, 1.807) is 19.1 Å². The van der Waals surface area contributed by atoms with E-state index >= 15 is 0 Å². The van der Waals surface area contributed by atoms with Gasteiger partial charge in [-0.25, -0.2) is 10.4 Å². The average molecular weight is 539 g/mol. The molecule has 5 rings (SSSR count). The van der Waals surface area contributed by atoms with Crippen molar-refractivity contribution in [2.24, 2.45) is 4.99 Å². The van der Waals surface area contributed by atoms with Crippen LogP contribution in [0, 0.1) is 18.3 Å². The molecule has 13 heteroatoms. The van der Waals surface area contributed by atoms with Gasteiger partial charge in [0.05, 0.1) is 36.4 Å². The number of aliphatic hydroxyl groups excluding tert-OH is 1. The Bertz CT molecular complexity index is 1500. The first-order valence-corrected chi connectivity index (χ1v) is 12.1. The molecule has 0 bridgehead atoms. The van der Waals surface area contributed by atoms with Crippen LogP contribution in [-0.2, 0) is 10.9 Å². The van der Waals surface area contributed by atoms with E-state index in [4.69, 9.17) is 9.84 Å². The molecule has 0 unspecified atom stereocenters. The summed E-state index contributed by atoms with van der Waals surface area (Å²) in [6.45, 7) is 6.82. The number of rotatable bonds is 7. The maximum Gasteiger partial charge on any atom is 0.436 e. The number of nitrogens with one attached hydrogen (secondary N) is 1. The first kappa shape index (κ1) is 26.4. The van der Waals surface area contributed by atoms with Crippen LogP contribution in [0.25, 0.3) is 11.7 Å². The number of ether oxygens (including phenoxy) is 1. The van der Waals surface area contributed by atoms with Gasteiger partial charge < -0.3 is 14.7 Å². The lowest BCUT2D eigenvalue weighted by Gasteiger charge is -2.41. The Kier molecular flexibility index (Phi) is 7.09. The smallest absolute Gasteiger partial charge is 0.394 e. The number of nitrogens with zero attached hydrogens (tertiary/aromatic N) is 7. The quantitative estimate of drug-likeness (QED) is 0.553. The summed E-state index contributed by atoms with van der Waals surface area (Å²) >= 11 is 0. The zero-order valence-electron chi connectivity index (χ0n) is 21.0. The van der Waals surface area contributed by atoms with E-state index in [1.165, 1.54) is 6.20 Å². The summed E-state index contributed by atoms with van der Waals surface area (Å²) in [6, 6.07) is 1.63. The fraction of sp³-hybridized carbons (Fsp3) is 0.308. The number of allylic oxidation sites excluding steroid dienone is 4. The molecule has 0 spiro atoms. The van der Waals surface area contributed by atoms with Crippen LogP contribution in [0.5, 0.6) is 0 Å². The molecule has 2 aromatic heterocycles. The summed E-state index contributed by atoms with van der Waals surface area (Å²) < 4.78 is 48.1. The molecule has 0 radical (unpaired) electrons. The van der Waals surface area contributed by atoms with Crippen LogP contribution in [-0.4, -0.2) is 69.4 Å². The maximum absolute atomic E-state index is 13.8. The third kappa shape index (κ3) is 4.97. The molecule has 0 amide bonds. The highest BCUT2D eigenvalue weighted by molar-refractivity contribution is 6.15. The normalized spacial score (nSPS) is 19.7. The molecular formula is C26H25F3N8O2. The number of anilines is 1. The number of aromatic nitrogens is 3. The predicted octanol–water partition coefficient (Wildman–Crippen LogP) is 2.88. The van der Waals surface area contributed by atoms with Gasteiger partial charge in [0.2, 0.25) is 0 Å². The molecule has 2 aromatic rings. The Morgan fingerprint density at radius 2 is 2.15 bits per heavy atom. The number of fused-ring (bicyclic) bond motifs is 1. The molecular weight excluding hydrogens is 513 g/mol. The number of hydrazine groups is 1. The molecule has 0 atom stereocenters. The molecule has 0 saturated carbocycles. The summed E-state index contributed by atoms with van der Waals surface area (Å²) in [4.78, 5) is 10.6. The molecule has 2 aliphatic heterocycles. The van der Waals surface area contributed by atoms with E-state index in [0.717, 1.165) is 10.2 Å². The van der Waals surface area contributed by atoms with Crippen molar-refractivity contribution in [3.05, 3.63) is 77.1 Å². The monoisotopic (exact) mass is 538 g/mol. The van der Waals surface area contributed by atoms with Crippen LogP contribution in [0.1, 0.15) is 22.5 Å². The minimum Gasteiger partial charge on any atom is -0.394 e. The van der Waals surface area contributed by atoms with Gasteiger partial charge in [0.15, 0.2) is 11.3 Å². The van der Waals surface area contributed by atoms with Crippen LogP contribution in [0.4, 0.5) is 19.0 Å². The van der Waals surface area contributed by atoms with Gasteiger partial charge in [0.1, 0.15) is 17.5 Å². The topological polar surface area (TPSA) is 114 Å². The Morgan fingerprint density at radius 1 is 1.36 bits per heavy atom. The largest absolute Gasteiger partial charge is 0.436 e. The van der Waals surface area contributed by atoms with Gasteiger partial charge in [-0.2, -0.15) is 28.0 Å². The Labute approximate surface area is 222 Å². The highest BCUT2D eigenvalue weighted by Gasteiger charge is 2.41. The number of hydrogen-bond acceptors (Lipinski definition) is 9. The van der Waals surface area contributed by atoms with Crippen LogP contribution in [0.15, 0.2) is 59.5 Å². The molecule has 4 heterocycles. The lowest BCUT2D eigenvalue weighted by Crippen LogP contribution is -2.53. The maximum atomic E-state index is 13.8. The first-order valence-electron chi connectivity index (χ1n) is 12.1. The summed E-state index contributed by atoms with van der Waals surface area (Å²) in [5.74, 6) is 0.353. The number of halogens is 3. The lowest BCUT2D eigenvalue weighted by atomic mass is 9.99. The lowest BCUT2D eigenvalue weighted by molar-refractivity contribution is -0.141. The van der Waals surface area contributed by atoms with Gasteiger partial charge in [0.25, 0.3) is 0 Å². The summed E-state index contributed by atoms with van der Waals surface area (Å²) in [7, 11) is 0. The Morgan fingerprint density at radius 3 is 2.79 bits per heavy atom. The zero-order chi connectivity index (χ0) is 27.7. The highest BCUT2D eigenvalue weighted by Crippen LogP contribution is 2.37. The van der Waals surface area contributed by atoms with Crippen LogP contribution in [0.3, 0.4) is 0 Å². The minimum absolute atomic E-state index is 0.137. The second-order valence-corrected chi connectivity index (χ2v) is 8.94. The van der Waals surface area contributed by atoms with Gasteiger partial charge in [-0.15, -0.1) is 0 Å². The van der Waals surface area contributed by atoms with Crippen molar-refractivity contribution in [2.45, 2.75) is 19.2 Å². The molecule has 202 valence electrons. The fourth-order valence-electron chi connectivity index (χ4n) is 4.57. The Hall–Kier alpha value is -4.25. The number of aliphatic imine (C=N–C) groups is 1. The van der Waals surface area contributed by atoms with E-state index in [2.05, 4.69) is 27.1 Å². The third-order valence-electron chi connectivity index (χ3n) is 6.40. The standard InChI is InChI=1S/C26H25F3N8O2/c1-3-31-22-12-18(36-8-4-7-32-36)6-5-17(22)11-20-16(2)33-24-21(13-30)23(26(27,28)29)34-37(24)25(20)35-14-19(15-35)39-10-9-38/h3-6,8,11-12,19,32,38H,1,7,9-10,14-15H2,2H3/b17-11+,31-22?. The molecule has 1 fully saturated rings. The van der Waals surface area contributed by atoms with Crippen LogP contribution >= 0.6 is 0 Å². The van der Waals surface area contributed by atoms with E-state index in [-0.39, 0.29) is 25.0 Å². The predicted molar refractivity (Wildman–Crippen MR) is 138 cm³/mol. The van der Waals surface area contributed by atoms with E-state index in [1.807, 2.05) is 40.4 Å².